The molecule has 1 saturated heterocycles. The van der Waals surface area contributed by atoms with Crippen LogP contribution in [0, 0.1) is 0 Å². The maximum Gasteiger partial charge on any atom is 0.313 e. The minimum absolute atomic E-state index is 0.0640. The van der Waals surface area contributed by atoms with Gasteiger partial charge in [0.15, 0.2) is 0 Å². The second-order valence-corrected chi connectivity index (χ2v) is 9.54. The lowest BCUT2D eigenvalue weighted by molar-refractivity contribution is -0.146. The van der Waals surface area contributed by atoms with E-state index in [0.717, 1.165) is 11.1 Å². The van der Waals surface area contributed by atoms with Gasteiger partial charge in [0.2, 0.25) is 5.91 Å². The minimum atomic E-state index is -0.319. The molecular formula is C32H36N2O5. The van der Waals surface area contributed by atoms with E-state index in [2.05, 4.69) is 0 Å². The van der Waals surface area contributed by atoms with E-state index in [-0.39, 0.29) is 29.6 Å². The first kappa shape index (κ1) is 27.9. The van der Waals surface area contributed by atoms with Crippen LogP contribution in [-0.4, -0.2) is 67.5 Å². The van der Waals surface area contributed by atoms with Crippen LogP contribution in [0.1, 0.15) is 53.1 Å². The lowest BCUT2D eigenvalue weighted by Crippen LogP contribution is -2.52. The van der Waals surface area contributed by atoms with Crippen molar-refractivity contribution in [1.29, 1.82) is 0 Å². The van der Waals surface area contributed by atoms with Crippen LogP contribution in [0.15, 0.2) is 84.9 Å². The van der Waals surface area contributed by atoms with Crippen LogP contribution in [0.4, 0.5) is 0 Å². The molecule has 0 N–H and O–H groups in total. The molecule has 2 aliphatic rings. The quantitative estimate of drug-likeness (QED) is 0.441. The van der Waals surface area contributed by atoms with Gasteiger partial charge in [-0.1, -0.05) is 72.8 Å². The fraction of sp³-hybridized carbons (Fsp3) is 0.344. The van der Waals surface area contributed by atoms with Crippen LogP contribution in [0.5, 0.6) is 5.75 Å². The van der Waals surface area contributed by atoms with Gasteiger partial charge in [-0.05, 0) is 43.0 Å². The summed E-state index contributed by atoms with van der Waals surface area (Å²) in [5.41, 5.74) is 2.34. The Morgan fingerprint density at radius 3 is 1.82 bits per heavy atom. The van der Waals surface area contributed by atoms with Crippen LogP contribution in [-0.2, 0) is 14.3 Å². The van der Waals surface area contributed by atoms with Crippen molar-refractivity contribution < 1.29 is 23.9 Å². The monoisotopic (exact) mass is 528 g/mol. The summed E-state index contributed by atoms with van der Waals surface area (Å²) in [4.78, 5) is 42.5. The Morgan fingerprint density at radius 2 is 1.23 bits per heavy atom. The molecule has 3 aromatic rings. The van der Waals surface area contributed by atoms with Crippen molar-refractivity contribution in [1.82, 2.24) is 9.80 Å². The number of para-hydroxylation sites is 1. The number of esters is 1. The average Bonchev–Trinajstić information content (AvgIpc) is 3.01. The fourth-order valence-corrected chi connectivity index (χ4v) is 5.26. The topological polar surface area (TPSA) is 76.2 Å². The Bertz CT molecular complexity index is 1230. The van der Waals surface area contributed by atoms with Gasteiger partial charge in [-0.2, -0.15) is 0 Å². The van der Waals surface area contributed by atoms with Gasteiger partial charge in [0, 0.05) is 26.2 Å². The van der Waals surface area contributed by atoms with Crippen LogP contribution in [0.25, 0.3) is 0 Å². The van der Waals surface area contributed by atoms with Crippen molar-refractivity contribution in [3.8, 4) is 5.75 Å². The van der Waals surface area contributed by atoms with E-state index in [1.807, 2.05) is 77.7 Å². The Morgan fingerprint density at radius 1 is 0.718 bits per heavy atom. The first-order valence-electron chi connectivity index (χ1n) is 13.5. The molecule has 1 heterocycles. The van der Waals surface area contributed by atoms with Crippen molar-refractivity contribution in [2.75, 3.05) is 39.9 Å². The minimum Gasteiger partial charge on any atom is -0.496 e. The summed E-state index contributed by atoms with van der Waals surface area (Å²) in [7, 11) is 1.55. The number of carbonyl (C=O) groups is 3. The summed E-state index contributed by atoms with van der Waals surface area (Å²) in [6, 6.07) is 26.9. The molecule has 2 atom stereocenters. The second kappa shape index (κ2) is 13.6. The predicted octanol–water partition coefficient (Wildman–Crippen LogP) is 4.89. The number of fused-ring (bicyclic) bond motifs is 1. The second-order valence-electron chi connectivity index (χ2n) is 9.54. The van der Waals surface area contributed by atoms with Crippen LogP contribution < -0.4 is 4.74 Å². The van der Waals surface area contributed by atoms with Crippen molar-refractivity contribution in [2.45, 2.75) is 31.6 Å². The highest BCUT2D eigenvalue weighted by Gasteiger charge is 2.38. The van der Waals surface area contributed by atoms with Gasteiger partial charge in [0.25, 0.3) is 5.91 Å². The zero-order valence-electron chi connectivity index (χ0n) is 22.6. The fourth-order valence-electron chi connectivity index (χ4n) is 5.26. The van der Waals surface area contributed by atoms with Gasteiger partial charge in [-0.15, -0.1) is 0 Å². The first-order valence-corrected chi connectivity index (χ1v) is 13.5. The van der Waals surface area contributed by atoms with Crippen molar-refractivity contribution in [2.24, 2.45) is 0 Å². The molecule has 0 bridgehead atoms. The van der Waals surface area contributed by atoms with E-state index < -0.39 is 0 Å². The molecule has 0 unspecified atom stereocenters. The Hall–Kier alpha value is -4.13. The summed E-state index contributed by atoms with van der Waals surface area (Å²) in [5.74, 6) is -0.284. The smallest absolute Gasteiger partial charge is 0.313 e. The third kappa shape index (κ3) is 6.66. The zero-order chi connectivity index (χ0) is 27.6. The van der Waals surface area contributed by atoms with Gasteiger partial charge < -0.3 is 19.3 Å². The van der Waals surface area contributed by atoms with Crippen molar-refractivity contribution in [3.05, 3.63) is 102 Å². The number of nitrogens with zero attached hydrogens (tertiary/aromatic N) is 2. The molecule has 1 fully saturated rings. The third-order valence-corrected chi connectivity index (χ3v) is 7.24. The molecule has 39 heavy (non-hydrogen) atoms. The number of rotatable bonds is 5. The van der Waals surface area contributed by atoms with Gasteiger partial charge in [-0.25, -0.2) is 0 Å². The molecular weight excluding hydrogens is 492 g/mol. The predicted molar refractivity (Wildman–Crippen MR) is 150 cm³/mol. The van der Waals surface area contributed by atoms with Gasteiger partial charge in [0.05, 0.1) is 31.1 Å². The van der Waals surface area contributed by atoms with Gasteiger partial charge in [0.1, 0.15) is 5.75 Å². The molecule has 1 aliphatic heterocycles. The average molecular weight is 529 g/mol. The van der Waals surface area contributed by atoms with E-state index in [9.17, 15) is 14.4 Å². The zero-order valence-corrected chi connectivity index (χ0v) is 22.6. The molecule has 2 amide bonds. The summed E-state index contributed by atoms with van der Waals surface area (Å²) in [6.45, 7) is 4.07. The summed E-state index contributed by atoms with van der Waals surface area (Å²) in [6.07, 6.45) is 1.21. The van der Waals surface area contributed by atoms with Crippen LogP contribution in [0.2, 0.25) is 0 Å². The number of carbonyl (C=O) groups excluding carboxylic acids is 3. The molecule has 0 aromatic heterocycles. The maximum absolute atomic E-state index is 13.5. The lowest BCUT2D eigenvalue weighted by atomic mass is 9.76. The van der Waals surface area contributed by atoms with E-state index in [1.165, 1.54) is 0 Å². The number of ether oxygens (including phenoxy) is 2. The largest absolute Gasteiger partial charge is 0.496 e. The van der Waals surface area contributed by atoms with E-state index in [4.69, 9.17) is 9.47 Å². The number of piperazine rings is 1. The normalized spacial score (nSPS) is 18.2. The molecule has 204 valence electrons. The number of hydrogen-bond donors (Lipinski definition) is 0. The molecule has 1 aliphatic carbocycles. The number of benzene rings is 3. The summed E-state index contributed by atoms with van der Waals surface area (Å²) in [5, 5.41) is 0. The first-order chi connectivity index (χ1) is 19.0. The highest BCUT2D eigenvalue weighted by Crippen LogP contribution is 2.40. The van der Waals surface area contributed by atoms with Crippen molar-refractivity contribution in [3.63, 3.8) is 0 Å². The highest BCUT2D eigenvalue weighted by atomic mass is 16.5. The standard InChI is InChI=1S/C26H30N2O5.C6H6/c1-3-33-26(31)21-13-12-20(18-8-4-5-9-19(18)21)24(29)27-14-16-28(17-15-27)25(30)22-10-6-7-11-23(22)32-2;1-2-4-6-5-3-1/h4-11,20-21H,3,12-17H2,1-2H3;1-6H/t20-,21+;/m0./s1. The number of amides is 2. The molecule has 3 aromatic carbocycles. The summed E-state index contributed by atoms with van der Waals surface area (Å²) >= 11 is 0. The lowest BCUT2D eigenvalue weighted by Gasteiger charge is -2.38. The van der Waals surface area contributed by atoms with Gasteiger partial charge in [-0.3, -0.25) is 14.4 Å². The number of methoxy groups -OCH3 is 1. The molecule has 0 radical (unpaired) electrons. The maximum atomic E-state index is 13.5. The van der Waals surface area contributed by atoms with E-state index in [1.54, 1.807) is 31.1 Å². The Labute approximate surface area is 230 Å². The third-order valence-electron chi connectivity index (χ3n) is 7.24. The summed E-state index contributed by atoms with van der Waals surface area (Å²) < 4.78 is 10.6. The molecule has 0 saturated carbocycles. The molecule has 7 nitrogen and oxygen atoms in total. The molecule has 7 heteroatoms. The van der Waals surface area contributed by atoms with Gasteiger partial charge >= 0.3 is 5.97 Å². The van der Waals surface area contributed by atoms with E-state index in [0.29, 0.717) is 56.9 Å². The SMILES string of the molecule is CCOC(=O)[C@@H]1CC[C@H](C(=O)N2CCN(C(=O)c3ccccc3OC)CC2)c2ccccc21.c1ccccc1. The highest BCUT2D eigenvalue weighted by molar-refractivity contribution is 5.97. The Kier molecular flexibility index (Phi) is 9.73. The van der Waals surface area contributed by atoms with Crippen LogP contribution >= 0.6 is 0 Å². The molecule has 0 spiro atoms. The molecule has 5 rings (SSSR count). The Balaban J connectivity index is 0.000000519. The van der Waals surface area contributed by atoms with Crippen molar-refractivity contribution >= 4 is 17.8 Å². The number of hydrogen-bond acceptors (Lipinski definition) is 5. The van der Waals surface area contributed by atoms with Crippen LogP contribution in [0.3, 0.4) is 0 Å². The van der Waals surface area contributed by atoms with E-state index >= 15 is 0 Å².